The van der Waals surface area contributed by atoms with E-state index in [9.17, 15) is 22.8 Å². The van der Waals surface area contributed by atoms with Gasteiger partial charge in [0.05, 0.1) is 11.9 Å². The van der Waals surface area contributed by atoms with Gasteiger partial charge in [-0.15, -0.1) is 11.3 Å². The number of fused-ring (bicyclic) bond motifs is 1. The first-order valence-corrected chi connectivity index (χ1v) is 13.7. The number of ether oxygens (including phenoxy) is 1. The van der Waals surface area contributed by atoms with Crippen molar-refractivity contribution >= 4 is 50.7 Å². The number of alkyl halides is 3. The minimum Gasteiger partial charge on any atom is -0.471 e. The van der Waals surface area contributed by atoms with Crippen LogP contribution in [0, 0.1) is 13.8 Å². The molecule has 42 heavy (non-hydrogen) atoms. The largest absolute Gasteiger partial charge is 0.471 e. The number of aromatic nitrogens is 5. The zero-order valence-corrected chi connectivity index (χ0v) is 24.0. The highest BCUT2D eigenvalue weighted by molar-refractivity contribution is 7.21. The normalized spacial score (nSPS) is 11.7. The summed E-state index contributed by atoms with van der Waals surface area (Å²) in [5.74, 6) is -1.11. The Labute approximate surface area is 245 Å². The number of aryl methyl sites for hydroxylation is 2. The maximum absolute atomic E-state index is 13.8. The molecule has 0 aliphatic rings. The molecule has 5 rings (SSSR count). The molecule has 3 N–H and O–H groups in total. The number of nitrogens with two attached hydrogens (primary N) is 1. The molecule has 5 aromatic rings. The summed E-state index contributed by atoms with van der Waals surface area (Å²) >= 11 is 6.70. The fraction of sp³-hybridized carbons (Fsp3) is 0.222. The van der Waals surface area contributed by atoms with Crippen LogP contribution in [0.1, 0.15) is 44.0 Å². The number of pyridine rings is 1. The summed E-state index contributed by atoms with van der Waals surface area (Å²) in [6, 6.07) is 7.46. The number of nitrogens with one attached hydrogen (secondary N) is 1. The van der Waals surface area contributed by atoms with Crippen LogP contribution in [0.4, 0.5) is 18.9 Å². The molecule has 0 aliphatic heterocycles. The summed E-state index contributed by atoms with van der Waals surface area (Å²) in [6.07, 6.45) is -1.81. The van der Waals surface area contributed by atoms with Crippen LogP contribution in [0.3, 0.4) is 0 Å². The molecule has 4 heterocycles. The molecule has 15 heteroatoms. The second-order valence-corrected chi connectivity index (χ2v) is 10.6. The number of thiophene rings is 1. The van der Waals surface area contributed by atoms with E-state index in [0.29, 0.717) is 39.9 Å². The summed E-state index contributed by atoms with van der Waals surface area (Å²) in [5, 5.41) is 11.8. The standard InChI is InChI=1S/C27H23ClF3N7O3S/c1-4-38-14(3)17(11-33-38)16-10-20(27(29,30)31)34-26-21(16)22(23(42-26)24(32)39)35-25(40)19-7-8-37(36-19)12-41-15-5-6-18(28)13(2)9-15/h5-11H,4,12H2,1-3H3,(H2,32,39)(H,35,40). The summed E-state index contributed by atoms with van der Waals surface area (Å²) < 4.78 is 50.2. The van der Waals surface area contributed by atoms with Crippen LogP contribution in [-0.2, 0) is 19.5 Å². The monoisotopic (exact) mass is 617 g/mol. The maximum atomic E-state index is 13.8. The number of hydrogen-bond acceptors (Lipinski definition) is 7. The molecule has 2 amide bonds. The third-order valence-electron chi connectivity index (χ3n) is 6.47. The number of benzene rings is 1. The van der Waals surface area contributed by atoms with Gasteiger partial charge in [0.15, 0.2) is 12.4 Å². The van der Waals surface area contributed by atoms with E-state index in [1.54, 1.807) is 29.8 Å². The van der Waals surface area contributed by atoms with Crippen molar-refractivity contribution in [3.63, 3.8) is 0 Å². The van der Waals surface area contributed by atoms with Crippen LogP contribution in [0.15, 0.2) is 42.7 Å². The van der Waals surface area contributed by atoms with Crippen LogP contribution in [0.5, 0.6) is 5.75 Å². The molecule has 4 aromatic heterocycles. The smallest absolute Gasteiger partial charge is 0.433 e. The molecule has 0 bridgehead atoms. The number of primary amides is 1. The van der Waals surface area contributed by atoms with Crippen LogP contribution in [-0.4, -0.2) is 36.4 Å². The van der Waals surface area contributed by atoms with E-state index in [2.05, 4.69) is 20.5 Å². The number of carbonyl (C=O) groups is 2. The summed E-state index contributed by atoms with van der Waals surface area (Å²) in [6.45, 7) is 5.86. The first-order chi connectivity index (χ1) is 19.9. The van der Waals surface area contributed by atoms with Crippen molar-refractivity contribution in [2.24, 2.45) is 5.73 Å². The predicted octanol–water partition coefficient (Wildman–Crippen LogP) is 6.05. The lowest BCUT2D eigenvalue weighted by molar-refractivity contribution is -0.140. The third-order valence-corrected chi connectivity index (χ3v) is 8.00. The Morgan fingerprint density at radius 1 is 1.17 bits per heavy atom. The van der Waals surface area contributed by atoms with Crippen molar-refractivity contribution < 1.29 is 27.5 Å². The number of hydrogen-bond donors (Lipinski definition) is 2. The van der Waals surface area contributed by atoms with Crippen LogP contribution in [0.25, 0.3) is 21.3 Å². The van der Waals surface area contributed by atoms with E-state index in [1.165, 1.54) is 23.1 Å². The number of rotatable bonds is 8. The number of nitrogens with zero attached hydrogens (tertiary/aromatic N) is 5. The van der Waals surface area contributed by atoms with E-state index in [-0.39, 0.29) is 38.8 Å². The third kappa shape index (κ3) is 5.54. The van der Waals surface area contributed by atoms with Crippen LogP contribution >= 0.6 is 22.9 Å². The van der Waals surface area contributed by atoms with Gasteiger partial charge in [-0.3, -0.25) is 14.3 Å². The van der Waals surface area contributed by atoms with Crippen molar-refractivity contribution in [1.82, 2.24) is 24.5 Å². The van der Waals surface area contributed by atoms with Gasteiger partial charge in [0, 0.05) is 34.4 Å². The maximum Gasteiger partial charge on any atom is 0.433 e. The highest BCUT2D eigenvalue weighted by Crippen LogP contribution is 2.44. The molecule has 0 atom stereocenters. The first-order valence-electron chi connectivity index (χ1n) is 12.5. The molecular formula is C27H23ClF3N7O3S. The van der Waals surface area contributed by atoms with Gasteiger partial charge in [-0.25, -0.2) is 9.67 Å². The summed E-state index contributed by atoms with van der Waals surface area (Å²) in [7, 11) is 0. The predicted molar refractivity (Wildman–Crippen MR) is 152 cm³/mol. The van der Waals surface area contributed by atoms with E-state index < -0.39 is 23.7 Å². The Bertz CT molecular complexity index is 1840. The molecular weight excluding hydrogens is 595 g/mol. The lowest BCUT2D eigenvalue weighted by Gasteiger charge is -2.12. The Balaban J connectivity index is 1.52. The van der Waals surface area contributed by atoms with E-state index >= 15 is 0 Å². The van der Waals surface area contributed by atoms with E-state index in [0.717, 1.165) is 11.6 Å². The zero-order chi connectivity index (χ0) is 30.3. The van der Waals surface area contributed by atoms with Gasteiger partial charge in [0.2, 0.25) is 0 Å². The zero-order valence-electron chi connectivity index (χ0n) is 22.4. The Kier molecular flexibility index (Phi) is 7.68. The Hall–Kier alpha value is -4.43. The van der Waals surface area contributed by atoms with Gasteiger partial charge in [0.1, 0.15) is 21.2 Å². The number of amides is 2. The first kappa shape index (κ1) is 29.1. The molecule has 1 aromatic carbocycles. The number of halogens is 4. The molecule has 218 valence electrons. The Morgan fingerprint density at radius 3 is 2.57 bits per heavy atom. The fourth-order valence-electron chi connectivity index (χ4n) is 4.36. The lowest BCUT2D eigenvalue weighted by atomic mass is 10.0. The van der Waals surface area contributed by atoms with Crippen molar-refractivity contribution in [1.29, 1.82) is 0 Å². The van der Waals surface area contributed by atoms with Crippen molar-refractivity contribution in [2.75, 3.05) is 5.32 Å². The van der Waals surface area contributed by atoms with E-state index in [1.807, 2.05) is 13.8 Å². The minimum atomic E-state index is -4.77. The second kappa shape index (κ2) is 11.1. The van der Waals surface area contributed by atoms with Gasteiger partial charge >= 0.3 is 6.18 Å². The lowest BCUT2D eigenvalue weighted by Crippen LogP contribution is -2.18. The summed E-state index contributed by atoms with van der Waals surface area (Å²) in [5.41, 5.74) is 6.25. The SMILES string of the molecule is CCn1ncc(-c2cc(C(F)(F)F)nc3sc(C(N)=O)c(NC(=O)c4ccn(COc5ccc(Cl)c(C)c5)n4)c23)c1C. The number of carbonyl (C=O) groups excluding carboxylic acids is 2. The summed E-state index contributed by atoms with van der Waals surface area (Å²) in [4.78, 5) is 29.2. The van der Waals surface area contributed by atoms with Gasteiger partial charge in [-0.1, -0.05) is 11.6 Å². The van der Waals surface area contributed by atoms with Gasteiger partial charge in [-0.2, -0.15) is 23.4 Å². The van der Waals surface area contributed by atoms with Gasteiger partial charge < -0.3 is 15.8 Å². The molecule has 0 spiro atoms. The highest BCUT2D eigenvalue weighted by Gasteiger charge is 2.35. The van der Waals surface area contributed by atoms with Gasteiger partial charge in [-0.05, 0) is 62.2 Å². The van der Waals surface area contributed by atoms with Gasteiger partial charge in [0.25, 0.3) is 11.8 Å². The van der Waals surface area contributed by atoms with Crippen LogP contribution in [0.2, 0.25) is 5.02 Å². The second-order valence-electron chi connectivity index (χ2n) is 9.24. The quantitative estimate of drug-likeness (QED) is 0.218. The molecule has 0 fully saturated rings. The molecule has 10 nitrogen and oxygen atoms in total. The van der Waals surface area contributed by atoms with Crippen molar-refractivity contribution in [2.45, 2.75) is 40.2 Å². The molecule has 0 saturated heterocycles. The average Bonchev–Trinajstić information content (AvgIpc) is 3.65. The molecule has 0 radical (unpaired) electrons. The molecule has 0 aliphatic carbocycles. The average molecular weight is 618 g/mol. The molecule has 0 unspecified atom stereocenters. The van der Waals surface area contributed by atoms with Crippen molar-refractivity contribution in [3.05, 3.63) is 75.3 Å². The number of anilines is 1. The fourth-order valence-corrected chi connectivity index (χ4v) is 5.48. The van der Waals surface area contributed by atoms with E-state index in [4.69, 9.17) is 22.1 Å². The van der Waals surface area contributed by atoms with Crippen molar-refractivity contribution in [3.8, 4) is 16.9 Å². The minimum absolute atomic E-state index is 0.0166. The Morgan fingerprint density at radius 2 is 1.93 bits per heavy atom. The topological polar surface area (TPSA) is 130 Å². The van der Waals surface area contributed by atoms with Crippen LogP contribution < -0.4 is 15.8 Å². The molecule has 0 saturated carbocycles. The highest BCUT2D eigenvalue weighted by atomic mass is 35.5.